The van der Waals surface area contributed by atoms with Gasteiger partial charge in [-0.05, 0) is 44.7 Å². The highest BCUT2D eigenvalue weighted by Crippen LogP contribution is 2.30. The summed E-state index contributed by atoms with van der Waals surface area (Å²) in [5, 5.41) is 13.9. The molecule has 1 heterocycles. The second-order valence-electron chi connectivity index (χ2n) is 5.50. The molecule has 1 aromatic carbocycles. The van der Waals surface area contributed by atoms with E-state index in [0.29, 0.717) is 12.6 Å². The molecule has 3 nitrogen and oxygen atoms in total. The molecule has 3 unspecified atom stereocenters. The summed E-state index contributed by atoms with van der Waals surface area (Å²) in [6, 6.07) is 8.20. The van der Waals surface area contributed by atoms with Crippen LogP contribution in [0.15, 0.2) is 24.3 Å². The van der Waals surface area contributed by atoms with Gasteiger partial charge in [-0.1, -0.05) is 25.1 Å². The average Bonchev–Trinajstić information content (AvgIpc) is 2.39. The van der Waals surface area contributed by atoms with Crippen molar-refractivity contribution in [2.24, 2.45) is 5.92 Å². The smallest absolute Gasteiger partial charge is 0.125 e. The van der Waals surface area contributed by atoms with E-state index in [1.807, 2.05) is 31.2 Å². The van der Waals surface area contributed by atoms with Crippen molar-refractivity contribution in [2.75, 3.05) is 13.2 Å². The van der Waals surface area contributed by atoms with Crippen LogP contribution in [-0.4, -0.2) is 24.3 Å². The lowest BCUT2D eigenvalue weighted by Gasteiger charge is -2.30. The summed E-state index contributed by atoms with van der Waals surface area (Å²) in [6.07, 6.45) is 2.69. The van der Waals surface area contributed by atoms with Gasteiger partial charge in [-0.25, -0.2) is 0 Å². The Morgan fingerprint density at radius 3 is 2.95 bits per heavy atom. The van der Waals surface area contributed by atoms with Crippen LogP contribution in [0.4, 0.5) is 0 Å². The molecule has 0 spiro atoms. The second kappa shape index (κ2) is 6.92. The van der Waals surface area contributed by atoms with E-state index in [1.165, 1.54) is 6.42 Å². The van der Waals surface area contributed by atoms with Gasteiger partial charge in [0.1, 0.15) is 5.75 Å². The van der Waals surface area contributed by atoms with E-state index >= 15 is 0 Å². The van der Waals surface area contributed by atoms with Gasteiger partial charge in [0.05, 0.1) is 12.7 Å². The highest BCUT2D eigenvalue weighted by Gasteiger charge is 2.23. The molecule has 0 saturated carbocycles. The van der Waals surface area contributed by atoms with Crippen LogP contribution >= 0.6 is 0 Å². The van der Waals surface area contributed by atoms with Crippen molar-refractivity contribution < 1.29 is 9.84 Å². The van der Waals surface area contributed by atoms with Crippen molar-refractivity contribution in [3.63, 3.8) is 0 Å². The van der Waals surface area contributed by atoms with Crippen molar-refractivity contribution in [3.05, 3.63) is 29.8 Å². The first-order valence-electron chi connectivity index (χ1n) is 7.33. The molecule has 0 radical (unpaired) electrons. The SMILES string of the molecule is CCOc1ccccc1C(O)CC1CC(C)CCN1. The monoisotopic (exact) mass is 263 g/mol. The van der Waals surface area contributed by atoms with E-state index in [0.717, 1.165) is 36.6 Å². The number of rotatable bonds is 5. The number of para-hydroxylation sites is 1. The van der Waals surface area contributed by atoms with Crippen molar-refractivity contribution in [3.8, 4) is 5.75 Å². The van der Waals surface area contributed by atoms with Crippen LogP contribution in [0, 0.1) is 5.92 Å². The highest BCUT2D eigenvalue weighted by atomic mass is 16.5. The maximum atomic E-state index is 10.4. The molecule has 106 valence electrons. The Morgan fingerprint density at radius 1 is 1.42 bits per heavy atom. The minimum atomic E-state index is -0.453. The van der Waals surface area contributed by atoms with Crippen LogP contribution in [-0.2, 0) is 0 Å². The Kier molecular flexibility index (Phi) is 5.23. The third-order valence-electron chi connectivity index (χ3n) is 3.84. The van der Waals surface area contributed by atoms with Gasteiger partial charge in [0.25, 0.3) is 0 Å². The first kappa shape index (κ1) is 14.4. The molecule has 1 saturated heterocycles. The number of benzene rings is 1. The van der Waals surface area contributed by atoms with Gasteiger partial charge in [0, 0.05) is 11.6 Å². The molecule has 0 amide bonds. The fraction of sp³-hybridized carbons (Fsp3) is 0.625. The van der Waals surface area contributed by atoms with E-state index in [9.17, 15) is 5.11 Å². The lowest BCUT2D eigenvalue weighted by atomic mass is 9.89. The van der Waals surface area contributed by atoms with Crippen LogP contribution in [0.3, 0.4) is 0 Å². The van der Waals surface area contributed by atoms with Crippen molar-refractivity contribution >= 4 is 0 Å². The third-order valence-corrected chi connectivity index (χ3v) is 3.84. The van der Waals surface area contributed by atoms with Gasteiger partial charge in [-0.3, -0.25) is 0 Å². The Hall–Kier alpha value is -1.06. The quantitative estimate of drug-likeness (QED) is 0.858. The van der Waals surface area contributed by atoms with E-state index in [4.69, 9.17) is 4.74 Å². The molecule has 1 aliphatic heterocycles. The van der Waals surface area contributed by atoms with Gasteiger partial charge in [-0.15, -0.1) is 0 Å². The molecule has 3 atom stereocenters. The predicted molar refractivity (Wildman–Crippen MR) is 77.4 cm³/mol. The minimum absolute atomic E-state index is 0.411. The van der Waals surface area contributed by atoms with E-state index in [2.05, 4.69) is 12.2 Å². The molecule has 3 heteroatoms. The summed E-state index contributed by atoms with van der Waals surface area (Å²) in [5.74, 6) is 1.56. The molecule has 0 aromatic heterocycles. The van der Waals surface area contributed by atoms with Gasteiger partial charge < -0.3 is 15.2 Å². The summed E-state index contributed by atoms with van der Waals surface area (Å²) >= 11 is 0. The Bertz CT molecular complexity index is 394. The normalized spacial score (nSPS) is 25.0. The summed E-state index contributed by atoms with van der Waals surface area (Å²) in [7, 11) is 0. The van der Waals surface area contributed by atoms with Crippen LogP contribution in [0.1, 0.15) is 44.8 Å². The zero-order chi connectivity index (χ0) is 13.7. The van der Waals surface area contributed by atoms with Gasteiger partial charge >= 0.3 is 0 Å². The molecule has 1 aromatic rings. The van der Waals surface area contributed by atoms with E-state index in [1.54, 1.807) is 0 Å². The number of piperidine rings is 1. The second-order valence-corrected chi connectivity index (χ2v) is 5.50. The maximum absolute atomic E-state index is 10.4. The zero-order valence-corrected chi connectivity index (χ0v) is 11.9. The Labute approximate surface area is 116 Å². The number of ether oxygens (including phenoxy) is 1. The minimum Gasteiger partial charge on any atom is -0.493 e. The van der Waals surface area contributed by atoms with Gasteiger partial charge in [0.2, 0.25) is 0 Å². The maximum Gasteiger partial charge on any atom is 0.125 e. The lowest BCUT2D eigenvalue weighted by Crippen LogP contribution is -2.38. The Morgan fingerprint density at radius 2 is 2.21 bits per heavy atom. The molecule has 1 fully saturated rings. The largest absolute Gasteiger partial charge is 0.493 e. The number of aliphatic hydroxyl groups excluding tert-OH is 1. The fourth-order valence-corrected chi connectivity index (χ4v) is 2.84. The van der Waals surface area contributed by atoms with Crippen LogP contribution in [0.5, 0.6) is 5.75 Å². The van der Waals surface area contributed by atoms with E-state index in [-0.39, 0.29) is 0 Å². The predicted octanol–water partition coefficient (Wildman–Crippen LogP) is 2.90. The zero-order valence-electron chi connectivity index (χ0n) is 11.9. The number of hydrogen-bond acceptors (Lipinski definition) is 3. The van der Waals surface area contributed by atoms with Gasteiger partial charge in [0.15, 0.2) is 0 Å². The molecule has 2 N–H and O–H groups in total. The Balaban J connectivity index is 2.00. The summed E-state index contributed by atoms with van der Waals surface area (Å²) < 4.78 is 5.59. The van der Waals surface area contributed by atoms with Crippen LogP contribution in [0.25, 0.3) is 0 Å². The molecule has 2 rings (SSSR count). The topological polar surface area (TPSA) is 41.5 Å². The first-order valence-corrected chi connectivity index (χ1v) is 7.33. The number of nitrogens with one attached hydrogen (secondary N) is 1. The van der Waals surface area contributed by atoms with Crippen molar-refractivity contribution in [1.82, 2.24) is 5.32 Å². The van der Waals surface area contributed by atoms with Crippen LogP contribution in [0.2, 0.25) is 0 Å². The molecular formula is C16H25NO2. The number of hydrogen-bond donors (Lipinski definition) is 2. The average molecular weight is 263 g/mol. The summed E-state index contributed by atoms with van der Waals surface area (Å²) in [6.45, 7) is 5.94. The summed E-state index contributed by atoms with van der Waals surface area (Å²) in [5.41, 5.74) is 0.907. The van der Waals surface area contributed by atoms with Crippen molar-refractivity contribution in [2.45, 2.75) is 45.3 Å². The third kappa shape index (κ3) is 3.95. The molecule has 1 aliphatic rings. The van der Waals surface area contributed by atoms with Crippen molar-refractivity contribution in [1.29, 1.82) is 0 Å². The molecule has 19 heavy (non-hydrogen) atoms. The molecule has 0 bridgehead atoms. The summed E-state index contributed by atoms with van der Waals surface area (Å²) in [4.78, 5) is 0. The fourth-order valence-electron chi connectivity index (χ4n) is 2.84. The van der Waals surface area contributed by atoms with Crippen LogP contribution < -0.4 is 10.1 Å². The number of aliphatic hydroxyl groups is 1. The molecular weight excluding hydrogens is 238 g/mol. The van der Waals surface area contributed by atoms with Gasteiger partial charge in [-0.2, -0.15) is 0 Å². The lowest BCUT2D eigenvalue weighted by molar-refractivity contribution is 0.134. The van der Waals surface area contributed by atoms with E-state index < -0.39 is 6.10 Å². The highest BCUT2D eigenvalue weighted by molar-refractivity contribution is 5.35. The molecule has 0 aliphatic carbocycles. The standard InChI is InChI=1S/C16H25NO2/c1-3-19-16-7-5-4-6-14(16)15(18)11-13-10-12(2)8-9-17-13/h4-7,12-13,15,17-18H,3,8-11H2,1-2H3. The first-order chi connectivity index (χ1) is 9.20.